The van der Waals surface area contributed by atoms with Gasteiger partial charge in [-0.25, -0.2) is 0 Å². The highest BCUT2D eigenvalue weighted by atomic mass is 16.3. The molecular formula is C12H11NO. The van der Waals surface area contributed by atoms with Gasteiger partial charge in [0.2, 0.25) is 0 Å². The van der Waals surface area contributed by atoms with Crippen molar-refractivity contribution in [1.82, 2.24) is 0 Å². The fourth-order valence-electron chi connectivity index (χ4n) is 1.98. The van der Waals surface area contributed by atoms with E-state index in [0.29, 0.717) is 0 Å². The molecule has 3 rings (SSSR count). The molecule has 0 spiro atoms. The third-order valence-corrected chi connectivity index (χ3v) is 2.66. The first-order valence-electron chi connectivity index (χ1n) is 4.83. The molecule has 2 aromatic rings. The molecule has 0 saturated heterocycles. The Kier molecular flexibility index (Phi) is 1.45. The standard InChI is InChI=1S/C12H11NO/c13-10-6-3-5-9-8-4-1-2-7-11(8)14-12(9)10/h3-7H,1-2,13H2. The van der Waals surface area contributed by atoms with Gasteiger partial charge in [0.1, 0.15) is 5.42 Å². The molecule has 0 aliphatic heterocycles. The smallest absolute Gasteiger partial charge is 0.158 e. The van der Waals surface area contributed by atoms with E-state index in [1.165, 1.54) is 5.22 Å². The summed E-state index contributed by atoms with van der Waals surface area (Å²) in [6.07, 6.45) is 6.51. The van der Waals surface area contributed by atoms with Crippen molar-refractivity contribution in [2.45, 2.75) is 12.8 Å². The summed E-state index contributed by atoms with van der Waals surface area (Å²) in [5.41, 5.74) is 8.37. The molecule has 0 fully saturated rings. The van der Waals surface area contributed by atoms with Crippen molar-refractivity contribution in [1.29, 1.82) is 0 Å². The van der Waals surface area contributed by atoms with Gasteiger partial charge < -0.3 is 10.2 Å². The number of fused-ring (bicyclic) bond motifs is 3. The predicted octanol–water partition coefficient (Wildman–Crippen LogP) is 1.37. The molecular weight excluding hydrogens is 174 g/mol. The van der Waals surface area contributed by atoms with E-state index in [2.05, 4.69) is 18.2 Å². The Bertz CT molecular complexity index is 607. The van der Waals surface area contributed by atoms with E-state index in [-0.39, 0.29) is 0 Å². The van der Waals surface area contributed by atoms with Gasteiger partial charge in [0, 0.05) is 10.6 Å². The maximum absolute atomic E-state index is 5.85. The predicted molar refractivity (Wildman–Crippen MR) is 58.0 cm³/mol. The lowest BCUT2D eigenvalue weighted by atomic mass is 10.1. The number of nitrogen functional groups attached to an aromatic ring is 1. The van der Waals surface area contributed by atoms with Crippen LogP contribution in [0.5, 0.6) is 0 Å². The Morgan fingerprint density at radius 1 is 1.14 bits per heavy atom. The molecule has 70 valence electrons. The van der Waals surface area contributed by atoms with Gasteiger partial charge in [-0.1, -0.05) is 18.2 Å². The van der Waals surface area contributed by atoms with Crippen molar-refractivity contribution in [2.24, 2.45) is 0 Å². The lowest BCUT2D eigenvalue weighted by Crippen LogP contribution is -2.21. The van der Waals surface area contributed by atoms with Crippen molar-refractivity contribution in [2.75, 3.05) is 5.73 Å². The molecule has 1 aliphatic rings. The molecule has 2 N–H and O–H groups in total. The number of rotatable bonds is 0. The fourth-order valence-corrected chi connectivity index (χ4v) is 1.98. The molecule has 1 aromatic heterocycles. The first kappa shape index (κ1) is 7.68. The third kappa shape index (κ3) is 0.909. The van der Waals surface area contributed by atoms with Gasteiger partial charge in [-0.15, -0.1) is 0 Å². The van der Waals surface area contributed by atoms with E-state index in [9.17, 15) is 0 Å². The summed E-state index contributed by atoms with van der Waals surface area (Å²) in [5, 5.41) is 2.34. The molecule has 1 aliphatic carbocycles. The van der Waals surface area contributed by atoms with Crippen LogP contribution < -0.4 is 16.4 Å². The zero-order chi connectivity index (χ0) is 9.54. The molecule has 0 amide bonds. The Morgan fingerprint density at radius 3 is 2.93 bits per heavy atom. The lowest BCUT2D eigenvalue weighted by molar-refractivity contribution is 0.573. The van der Waals surface area contributed by atoms with E-state index in [0.717, 1.165) is 34.9 Å². The zero-order valence-corrected chi connectivity index (χ0v) is 7.79. The molecule has 0 atom stereocenters. The van der Waals surface area contributed by atoms with Crippen molar-refractivity contribution < 1.29 is 4.42 Å². The van der Waals surface area contributed by atoms with Gasteiger partial charge in [0.25, 0.3) is 0 Å². The molecule has 2 heteroatoms. The lowest BCUT2D eigenvalue weighted by Gasteiger charge is -1.92. The number of furan rings is 1. The van der Waals surface area contributed by atoms with Crippen LogP contribution in [-0.2, 0) is 0 Å². The monoisotopic (exact) mass is 185 g/mol. The van der Waals surface area contributed by atoms with Crippen LogP contribution in [0.15, 0.2) is 22.6 Å². The van der Waals surface area contributed by atoms with E-state index >= 15 is 0 Å². The second kappa shape index (κ2) is 2.64. The highest BCUT2D eigenvalue weighted by Gasteiger charge is 2.06. The second-order valence-electron chi connectivity index (χ2n) is 3.59. The Balaban J connectivity index is 2.62. The molecule has 1 aromatic carbocycles. The molecule has 2 nitrogen and oxygen atoms in total. The minimum absolute atomic E-state index is 0.721. The van der Waals surface area contributed by atoms with Gasteiger partial charge in [-0.2, -0.15) is 0 Å². The normalized spacial score (nSPS) is 14.6. The summed E-state index contributed by atoms with van der Waals surface area (Å²) in [7, 11) is 0. The number of anilines is 1. The SMILES string of the molecule is Nc1cccc2c3c(oc12)=CCCC=3. The van der Waals surface area contributed by atoms with E-state index in [1.54, 1.807) is 0 Å². The van der Waals surface area contributed by atoms with Crippen molar-refractivity contribution >= 4 is 28.8 Å². The third-order valence-electron chi connectivity index (χ3n) is 2.66. The van der Waals surface area contributed by atoms with Gasteiger partial charge in [0.15, 0.2) is 5.58 Å². The minimum atomic E-state index is 0.721. The molecule has 14 heavy (non-hydrogen) atoms. The minimum Gasteiger partial charge on any atom is -0.454 e. The number of para-hydroxylation sites is 1. The summed E-state index contributed by atoms with van der Waals surface area (Å²) < 4.78 is 5.71. The van der Waals surface area contributed by atoms with Gasteiger partial charge in [-0.3, -0.25) is 0 Å². The van der Waals surface area contributed by atoms with Crippen LogP contribution in [0.2, 0.25) is 0 Å². The average Bonchev–Trinajstić information content (AvgIpc) is 2.59. The fraction of sp³-hybridized carbons (Fsp3) is 0.167. The topological polar surface area (TPSA) is 39.2 Å². The van der Waals surface area contributed by atoms with Crippen LogP contribution in [0.3, 0.4) is 0 Å². The summed E-state index contributed by atoms with van der Waals surface area (Å²) in [6.45, 7) is 0. The molecule has 0 unspecified atom stereocenters. The quantitative estimate of drug-likeness (QED) is 0.629. The molecule has 0 radical (unpaired) electrons. The van der Waals surface area contributed by atoms with Crippen molar-refractivity contribution in [3.63, 3.8) is 0 Å². The average molecular weight is 185 g/mol. The van der Waals surface area contributed by atoms with Gasteiger partial charge in [-0.05, 0) is 25.0 Å². The van der Waals surface area contributed by atoms with Crippen LogP contribution in [0.1, 0.15) is 12.8 Å². The molecule has 0 saturated carbocycles. The van der Waals surface area contributed by atoms with E-state index < -0.39 is 0 Å². The van der Waals surface area contributed by atoms with Gasteiger partial charge in [0.05, 0.1) is 5.69 Å². The largest absolute Gasteiger partial charge is 0.454 e. The Labute approximate surface area is 81.3 Å². The first-order chi connectivity index (χ1) is 6.86. The second-order valence-corrected chi connectivity index (χ2v) is 3.59. The first-order valence-corrected chi connectivity index (χ1v) is 4.83. The number of hydrogen-bond donors (Lipinski definition) is 1. The number of benzene rings is 1. The zero-order valence-electron chi connectivity index (χ0n) is 7.79. The van der Waals surface area contributed by atoms with Crippen LogP contribution in [0, 0.1) is 0 Å². The van der Waals surface area contributed by atoms with Crippen molar-refractivity contribution in [3.05, 3.63) is 28.8 Å². The van der Waals surface area contributed by atoms with Crippen LogP contribution in [0.4, 0.5) is 5.69 Å². The summed E-state index contributed by atoms with van der Waals surface area (Å²) in [5.74, 6) is 0. The van der Waals surface area contributed by atoms with Crippen LogP contribution in [-0.4, -0.2) is 0 Å². The molecule has 1 heterocycles. The summed E-state index contributed by atoms with van der Waals surface area (Å²) >= 11 is 0. The van der Waals surface area contributed by atoms with E-state index in [4.69, 9.17) is 10.2 Å². The summed E-state index contributed by atoms with van der Waals surface area (Å²) in [4.78, 5) is 0. The maximum atomic E-state index is 5.85. The Morgan fingerprint density at radius 2 is 2.00 bits per heavy atom. The summed E-state index contributed by atoms with van der Waals surface area (Å²) in [6, 6.07) is 5.90. The van der Waals surface area contributed by atoms with Crippen molar-refractivity contribution in [3.8, 4) is 0 Å². The van der Waals surface area contributed by atoms with Crippen LogP contribution in [0.25, 0.3) is 23.1 Å². The van der Waals surface area contributed by atoms with E-state index in [1.807, 2.05) is 12.1 Å². The maximum Gasteiger partial charge on any atom is 0.158 e. The van der Waals surface area contributed by atoms with Gasteiger partial charge >= 0.3 is 0 Å². The highest BCUT2D eigenvalue weighted by Crippen LogP contribution is 2.17. The molecule has 0 bridgehead atoms. The van der Waals surface area contributed by atoms with Crippen LogP contribution >= 0.6 is 0 Å². The highest BCUT2D eigenvalue weighted by molar-refractivity contribution is 5.88. The number of nitrogens with two attached hydrogens (primary N) is 1. The number of hydrogen-bond acceptors (Lipinski definition) is 2. The Hall–Kier alpha value is -1.70.